The van der Waals surface area contributed by atoms with Crippen molar-refractivity contribution in [3.05, 3.63) is 18.1 Å². The van der Waals surface area contributed by atoms with Gasteiger partial charge in [-0.2, -0.15) is 11.8 Å². The molecule has 0 aliphatic carbocycles. The number of aliphatic hydroxyl groups excluding tert-OH is 1. The quantitative estimate of drug-likeness (QED) is 0.413. The fraction of sp³-hybridized carbons (Fsp3) is 0.538. The molecule has 0 spiro atoms. The molecule has 1 aliphatic heterocycles. The Morgan fingerprint density at radius 3 is 2.80 bits per heavy atom. The maximum Gasteiger partial charge on any atom is 0.262 e. The lowest BCUT2D eigenvalue weighted by atomic mass is 10.1. The molecular weight excluding hydrogens is 369 g/mol. The van der Waals surface area contributed by atoms with Gasteiger partial charge in [-0.1, -0.05) is 0 Å². The van der Waals surface area contributed by atoms with Crippen LogP contribution in [0.15, 0.2) is 12.5 Å². The zero-order valence-electron chi connectivity index (χ0n) is 13.6. The van der Waals surface area contributed by atoms with Crippen molar-refractivity contribution >= 4 is 36.4 Å². The third kappa shape index (κ3) is 5.93. The van der Waals surface area contributed by atoms with E-state index in [1.54, 1.807) is 11.8 Å². The number of rotatable bonds is 4. The lowest BCUT2D eigenvalue weighted by Crippen LogP contribution is -2.21. The van der Waals surface area contributed by atoms with Crippen LogP contribution in [0.4, 0.5) is 5.82 Å². The van der Waals surface area contributed by atoms with Gasteiger partial charge < -0.3 is 30.5 Å². The molecule has 10 nitrogen and oxygen atoms in total. The normalized spacial score (nSPS) is 21.3. The second-order valence-corrected chi connectivity index (χ2v) is 7.66. The van der Waals surface area contributed by atoms with E-state index in [0.717, 1.165) is 42.0 Å². The minimum Gasteiger partial charge on any atom is -0.756 e. The highest BCUT2D eigenvalue weighted by atomic mass is 32.2. The number of aromatic nitrogens is 3. The number of phosphoric acid groups is 1. The Bertz CT molecular complexity index is 745. The molecule has 1 aliphatic rings. The minimum atomic E-state index is -4.89. The van der Waals surface area contributed by atoms with E-state index in [2.05, 4.69) is 26.1 Å². The number of thioether (sulfide) groups is 1. The Morgan fingerprint density at radius 2 is 2.16 bits per heavy atom. The number of aromatic amines is 1. The molecule has 0 radical (unpaired) electrons. The Labute approximate surface area is 148 Å². The number of nitrogen functional groups attached to an aromatic ring is 1. The number of nitrogens with zero attached hydrogens (tertiary/aromatic N) is 3. The van der Waals surface area contributed by atoms with Gasteiger partial charge in [-0.05, 0) is 12.0 Å². The summed E-state index contributed by atoms with van der Waals surface area (Å²) in [5, 5.41) is 10.1. The van der Waals surface area contributed by atoms with Crippen molar-refractivity contribution in [1.29, 1.82) is 0 Å². The van der Waals surface area contributed by atoms with E-state index in [0.29, 0.717) is 11.7 Å². The van der Waals surface area contributed by atoms with Crippen molar-refractivity contribution in [2.75, 3.05) is 30.8 Å². The summed E-state index contributed by atoms with van der Waals surface area (Å²) in [5.74, 6) is 1.83. The molecule has 3 heterocycles. The van der Waals surface area contributed by atoms with E-state index < -0.39 is 7.82 Å². The molecule has 1 fully saturated rings. The highest BCUT2D eigenvalue weighted by Gasteiger charge is 2.31. The molecule has 2 aromatic heterocycles. The molecule has 0 bridgehead atoms. The van der Waals surface area contributed by atoms with Crippen LogP contribution in [-0.4, -0.2) is 65.9 Å². The third-order valence-corrected chi connectivity index (χ3v) is 4.59. The summed E-state index contributed by atoms with van der Waals surface area (Å²) in [4.78, 5) is 36.6. The zero-order valence-corrected chi connectivity index (χ0v) is 15.3. The van der Waals surface area contributed by atoms with Gasteiger partial charge in [-0.25, -0.2) is 9.97 Å². The minimum absolute atomic E-state index is 0.229. The number of hydrogen-bond donors (Lipinski definition) is 5. The van der Waals surface area contributed by atoms with E-state index >= 15 is 0 Å². The Morgan fingerprint density at radius 1 is 1.48 bits per heavy atom. The van der Waals surface area contributed by atoms with Gasteiger partial charge in [0, 0.05) is 37.3 Å². The number of anilines is 1. The summed E-state index contributed by atoms with van der Waals surface area (Å²) >= 11 is 1.79. The highest BCUT2D eigenvalue weighted by molar-refractivity contribution is 7.98. The molecule has 0 amide bonds. The van der Waals surface area contributed by atoms with Crippen molar-refractivity contribution in [3.8, 4) is 0 Å². The smallest absolute Gasteiger partial charge is 0.262 e. The summed E-state index contributed by atoms with van der Waals surface area (Å²) in [6.45, 7) is 2.42. The fourth-order valence-electron chi connectivity index (χ4n) is 2.82. The molecule has 0 unspecified atom stereocenters. The van der Waals surface area contributed by atoms with Crippen LogP contribution < -0.4 is 10.6 Å². The molecule has 0 saturated carbocycles. The number of nitrogens with two attached hydrogens (primary N) is 1. The van der Waals surface area contributed by atoms with Crippen molar-refractivity contribution in [2.24, 2.45) is 5.92 Å². The maximum absolute atomic E-state index is 10.1. The molecule has 25 heavy (non-hydrogen) atoms. The summed E-state index contributed by atoms with van der Waals surface area (Å²) in [7, 11) is -4.89. The first-order chi connectivity index (χ1) is 11.7. The van der Waals surface area contributed by atoms with E-state index in [-0.39, 0.29) is 6.10 Å². The fourth-order valence-corrected chi connectivity index (χ4v) is 3.58. The molecule has 1 saturated heterocycles. The predicted molar refractivity (Wildman–Crippen MR) is 93.5 cm³/mol. The average Bonchev–Trinajstić information content (AvgIpc) is 3.04. The number of H-pyrrole nitrogens is 1. The van der Waals surface area contributed by atoms with Crippen LogP contribution in [0.25, 0.3) is 11.0 Å². The van der Waals surface area contributed by atoms with Crippen molar-refractivity contribution in [1.82, 2.24) is 19.9 Å². The molecule has 140 valence electrons. The second-order valence-electron chi connectivity index (χ2n) is 5.76. The monoisotopic (exact) mass is 390 g/mol. The van der Waals surface area contributed by atoms with Gasteiger partial charge >= 0.3 is 0 Å². The topological polar surface area (TPSA) is 172 Å². The van der Waals surface area contributed by atoms with E-state index in [9.17, 15) is 5.11 Å². The van der Waals surface area contributed by atoms with Crippen LogP contribution >= 0.6 is 19.6 Å². The average molecular weight is 390 g/mol. The van der Waals surface area contributed by atoms with Gasteiger partial charge in [-0.15, -0.1) is 0 Å². The maximum atomic E-state index is 10.1. The van der Waals surface area contributed by atoms with Crippen LogP contribution in [0, 0.1) is 5.92 Å². The highest BCUT2D eigenvalue weighted by Crippen LogP contribution is 2.25. The number of nitrogens with one attached hydrogen (secondary N) is 1. The summed E-state index contributed by atoms with van der Waals surface area (Å²) in [5.41, 5.74) is 8.60. The SMILES string of the molecule is CSC[C@H]1CN(Cc2c[nH]c3c(N)ncnc23)C[C@@H]1O.O=P([O-])(O)O. The Balaban J connectivity index is 0.000000399. The van der Waals surface area contributed by atoms with Crippen LogP contribution in [0.2, 0.25) is 0 Å². The molecule has 2 atom stereocenters. The van der Waals surface area contributed by atoms with Gasteiger partial charge in [0.15, 0.2) is 5.82 Å². The standard InChI is InChI=1S/C13H19N5OS.H3O4P/c1-20-6-9-4-18(5-10(9)19)3-8-2-15-12-11(8)16-7-17-13(12)14;1-5(2,3)4/h2,7,9-10,15,19H,3-6H2,1H3,(H2,14,16,17);(H3,1,2,3,4)/p-1/t9-,10+;/m1./s1. The van der Waals surface area contributed by atoms with Crippen molar-refractivity contribution < 1.29 is 24.4 Å². The number of hydrogen-bond acceptors (Lipinski definition) is 8. The first kappa shape index (κ1) is 20.1. The Hall–Kier alpha value is -1.20. The van der Waals surface area contributed by atoms with Crippen LogP contribution in [-0.2, 0) is 11.1 Å². The summed E-state index contributed by atoms with van der Waals surface area (Å²) < 4.78 is 8.77. The Kier molecular flexibility index (Phi) is 6.80. The lowest BCUT2D eigenvalue weighted by Gasteiger charge is -2.14. The molecule has 0 aromatic carbocycles. The van der Waals surface area contributed by atoms with Gasteiger partial charge in [0.05, 0.1) is 11.6 Å². The second kappa shape index (κ2) is 8.45. The number of aliphatic hydroxyl groups is 1. The van der Waals surface area contributed by atoms with Crippen LogP contribution in [0.5, 0.6) is 0 Å². The third-order valence-electron chi connectivity index (χ3n) is 3.83. The van der Waals surface area contributed by atoms with Gasteiger partial charge in [-0.3, -0.25) is 9.46 Å². The van der Waals surface area contributed by atoms with Gasteiger partial charge in [0.1, 0.15) is 11.8 Å². The predicted octanol–water partition coefficient (Wildman–Crippen LogP) is -0.865. The first-order valence-electron chi connectivity index (χ1n) is 7.41. The summed E-state index contributed by atoms with van der Waals surface area (Å²) in [6.07, 6.45) is 5.27. The molecule has 12 heteroatoms. The zero-order chi connectivity index (χ0) is 18.6. The van der Waals surface area contributed by atoms with Crippen LogP contribution in [0.1, 0.15) is 5.56 Å². The van der Waals surface area contributed by atoms with Crippen molar-refractivity contribution in [2.45, 2.75) is 12.6 Å². The summed E-state index contributed by atoms with van der Waals surface area (Å²) in [6, 6.07) is 0. The molecular formula is C13H21N5O5PS-. The van der Waals surface area contributed by atoms with E-state index in [4.69, 9.17) is 25.0 Å². The molecule has 3 rings (SSSR count). The van der Waals surface area contributed by atoms with Crippen LogP contribution in [0.3, 0.4) is 0 Å². The number of β-amino-alcohol motifs (C(OH)–C–C–N with tert-alkyl or cyclic N) is 1. The largest absolute Gasteiger partial charge is 0.756 e. The molecule has 2 aromatic rings. The van der Waals surface area contributed by atoms with Gasteiger partial charge in [0.25, 0.3) is 7.82 Å². The first-order valence-corrected chi connectivity index (χ1v) is 10.3. The lowest BCUT2D eigenvalue weighted by molar-refractivity contribution is -0.214. The number of fused-ring (bicyclic) bond motifs is 1. The molecule has 6 N–H and O–H groups in total. The van der Waals surface area contributed by atoms with Crippen molar-refractivity contribution in [3.63, 3.8) is 0 Å². The number of likely N-dealkylation sites (tertiary alicyclic amines) is 1. The van der Waals surface area contributed by atoms with E-state index in [1.807, 2.05) is 6.20 Å². The van der Waals surface area contributed by atoms with E-state index in [1.165, 1.54) is 6.33 Å². The van der Waals surface area contributed by atoms with Gasteiger partial charge in [0.2, 0.25) is 0 Å².